The van der Waals surface area contributed by atoms with Crippen LogP contribution in [0.2, 0.25) is 0 Å². The number of halogens is 3. The third-order valence-corrected chi connectivity index (χ3v) is 4.67. The van der Waals surface area contributed by atoms with Gasteiger partial charge in [-0.1, -0.05) is 0 Å². The average molecular weight is 408 g/mol. The van der Waals surface area contributed by atoms with Gasteiger partial charge in [-0.3, -0.25) is 9.48 Å². The number of nitrogens with two attached hydrogens (primary N) is 1. The van der Waals surface area contributed by atoms with Gasteiger partial charge < -0.3 is 16.0 Å². The fourth-order valence-electron chi connectivity index (χ4n) is 3.41. The Morgan fingerprint density at radius 3 is 2.90 bits per heavy atom. The quantitative estimate of drug-likeness (QED) is 0.678. The van der Waals surface area contributed by atoms with Crippen LogP contribution in [0.25, 0.3) is 5.65 Å². The lowest BCUT2D eigenvalue weighted by molar-refractivity contribution is 0.102. The van der Waals surface area contributed by atoms with Gasteiger partial charge in [0, 0.05) is 32.0 Å². The first kappa shape index (κ1) is 19.2. The van der Waals surface area contributed by atoms with Crippen LogP contribution in [0, 0.1) is 0 Å². The van der Waals surface area contributed by atoms with Crippen molar-refractivity contribution in [1.82, 2.24) is 24.4 Å². The lowest BCUT2D eigenvalue weighted by Gasteiger charge is -2.33. The van der Waals surface area contributed by atoms with Crippen molar-refractivity contribution in [1.29, 1.82) is 0 Å². The van der Waals surface area contributed by atoms with E-state index in [1.807, 2.05) is 0 Å². The molecule has 1 saturated heterocycles. The van der Waals surface area contributed by atoms with Crippen molar-refractivity contribution in [2.24, 2.45) is 12.8 Å². The molecule has 0 radical (unpaired) electrons. The number of amides is 1. The highest BCUT2D eigenvalue weighted by molar-refractivity contribution is 6.08. The maximum atomic E-state index is 13.9. The summed E-state index contributed by atoms with van der Waals surface area (Å²) in [6.07, 6.45) is 0.563. The van der Waals surface area contributed by atoms with Gasteiger partial charge in [-0.2, -0.15) is 10.2 Å². The summed E-state index contributed by atoms with van der Waals surface area (Å²) in [5.41, 5.74) is 5.58. The van der Waals surface area contributed by atoms with Crippen molar-refractivity contribution in [3.05, 3.63) is 35.9 Å². The summed E-state index contributed by atoms with van der Waals surface area (Å²) in [5, 5.41) is 10.2. The van der Waals surface area contributed by atoms with E-state index >= 15 is 0 Å². The highest BCUT2D eigenvalue weighted by Crippen LogP contribution is 2.26. The maximum absolute atomic E-state index is 13.9. The second-order valence-electron chi connectivity index (χ2n) is 6.97. The molecule has 29 heavy (non-hydrogen) atoms. The van der Waals surface area contributed by atoms with Crippen LogP contribution in [0.3, 0.4) is 0 Å². The van der Waals surface area contributed by atoms with E-state index < -0.39 is 24.2 Å². The molecule has 1 fully saturated rings. The van der Waals surface area contributed by atoms with Gasteiger partial charge in [-0.05, 0) is 12.5 Å². The number of rotatable bonds is 4. The maximum Gasteiger partial charge on any atom is 0.284 e. The van der Waals surface area contributed by atoms with E-state index in [1.165, 1.54) is 28.6 Å². The number of nitrogens with zero attached hydrogens (tertiary/aromatic N) is 6. The largest absolute Gasteiger partial charge is 0.352 e. The molecule has 12 heteroatoms. The molecule has 0 spiro atoms. The molecule has 1 aliphatic rings. The Hall–Kier alpha value is -3.15. The second-order valence-corrected chi connectivity index (χ2v) is 6.97. The number of nitrogens with one attached hydrogen (secondary N) is 1. The van der Waals surface area contributed by atoms with Crippen LogP contribution in [0.4, 0.5) is 24.7 Å². The van der Waals surface area contributed by atoms with Gasteiger partial charge >= 0.3 is 0 Å². The van der Waals surface area contributed by atoms with E-state index in [0.717, 1.165) is 0 Å². The van der Waals surface area contributed by atoms with Crippen molar-refractivity contribution >= 4 is 23.1 Å². The first-order chi connectivity index (χ1) is 13.8. The molecule has 1 aliphatic heterocycles. The minimum absolute atomic E-state index is 0.0917. The number of aryl methyl sites for hydroxylation is 1. The number of aromatic nitrogens is 5. The van der Waals surface area contributed by atoms with Crippen LogP contribution >= 0.6 is 0 Å². The first-order valence-corrected chi connectivity index (χ1v) is 8.94. The summed E-state index contributed by atoms with van der Waals surface area (Å²) in [4.78, 5) is 18.8. The van der Waals surface area contributed by atoms with E-state index in [1.54, 1.807) is 17.2 Å². The van der Waals surface area contributed by atoms with Crippen LogP contribution in [0.5, 0.6) is 0 Å². The third-order valence-electron chi connectivity index (χ3n) is 4.67. The lowest BCUT2D eigenvalue weighted by atomic mass is 10.1. The molecule has 3 aromatic heterocycles. The molecule has 0 aromatic carbocycles. The zero-order valence-corrected chi connectivity index (χ0v) is 15.5. The number of fused-ring (bicyclic) bond motifs is 1. The monoisotopic (exact) mass is 408 g/mol. The van der Waals surface area contributed by atoms with Crippen molar-refractivity contribution in [3.8, 4) is 0 Å². The standard InChI is InChI=1S/C17H19F3N8O/c1-26-8-12(14(25-26)15(19)20)23-17(29)11-5-22-28-3-2-13(24-16(11)28)27-6-9(18)4-10(21)7-27/h2-3,5,8-10,15H,4,6-7,21H2,1H3,(H,23,29). The van der Waals surface area contributed by atoms with E-state index in [9.17, 15) is 18.0 Å². The Morgan fingerprint density at radius 2 is 2.17 bits per heavy atom. The van der Waals surface area contributed by atoms with E-state index in [-0.39, 0.29) is 35.9 Å². The second kappa shape index (κ2) is 7.35. The van der Waals surface area contributed by atoms with Crippen LogP contribution in [0.1, 0.15) is 28.9 Å². The molecule has 0 saturated carbocycles. The fourth-order valence-corrected chi connectivity index (χ4v) is 3.41. The van der Waals surface area contributed by atoms with Gasteiger partial charge in [0.2, 0.25) is 0 Å². The van der Waals surface area contributed by atoms with Gasteiger partial charge in [0.25, 0.3) is 12.3 Å². The van der Waals surface area contributed by atoms with Crippen molar-refractivity contribution in [2.75, 3.05) is 23.3 Å². The summed E-state index contributed by atoms with van der Waals surface area (Å²) >= 11 is 0. The van der Waals surface area contributed by atoms with Crippen molar-refractivity contribution in [2.45, 2.75) is 25.1 Å². The van der Waals surface area contributed by atoms with Crippen molar-refractivity contribution < 1.29 is 18.0 Å². The molecule has 4 rings (SSSR count). The Labute approximate surface area is 163 Å². The Balaban J connectivity index is 1.63. The topological polar surface area (TPSA) is 106 Å². The van der Waals surface area contributed by atoms with Crippen LogP contribution < -0.4 is 16.0 Å². The summed E-state index contributed by atoms with van der Waals surface area (Å²) in [6, 6.07) is 1.34. The lowest BCUT2D eigenvalue weighted by Crippen LogP contribution is -2.48. The Bertz CT molecular complexity index is 1040. The number of carbonyl (C=O) groups is 1. The molecule has 3 N–H and O–H groups in total. The molecule has 2 atom stereocenters. The number of piperidine rings is 1. The minimum atomic E-state index is -2.84. The summed E-state index contributed by atoms with van der Waals surface area (Å²) in [7, 11) is 1.48. The van der Waals surface area contributed by atoms with E-state index in [4.69, 9.17) is 5.73 Å². The Kier molecular flexibility index (Phi) is 4.86. The molecule has 1 amide bonds. The Morgan fingerprint density at radius 1 is 1.38 bits per heavy atom. The molecular formula is C17H19F3N8O. The minimum Gasteiger partial charge on any atom is -0.352 e. The number of carbonyl (C=O) groups excluding carboxylic acids is 1. The van der Waals surface area contributed by atoms with Crippen LogP contribution in [0.15, 0.2) is 24.7 Å². The third kappa shape index (κ3) is 3.75. The number of hydrogen-bond acceptors (Lipinski definition) is 6. The van der Waals surface area contributed by atoms with Crippen LogP contribution in [-0.4, -0.2) is 55.6 Å². The van der Waals surface area contributed by atoms with E-state index in [2.05, 4.69) is 20.5 Å². The van der Waals surface area contributed by atoms with Gasteiger partial charge in [0.15, 0.2) is 11.3 Å². The molecule has 3 aromatic rings. The van der Waals surface area contributed by atoms with Gasteiger partial charge in [0.05, 0.1) is 18.4 Å². The predicted molar refractivity (Wildman–Crippen MR) is 98.8 cm³/mol. The average Bonchev–Trinajstić information content (AvgIpc) is 3.23. The van der Waals surface area contributed by atoms with Crippen LogP contribution in [-0.2, 0) is 7.05 Å². The smallest absolute Gasteiger partial charge is 0.284 e. The summed E-state index contributed by atoms with van der Waals surface area (Å²) in [6.45, 7) is 0.590. The number of anilines is 2. The highest BCUT2D eigenvalue weighted by atomic mass is 19.3. The summed E-state index contributed by atoms with van der Waals surface area (Å²) in [5.74, 6) is -0.197. The molecule has 2 unspecified atom stereocenters. The molecule has 4 heterocycles. The molecule has 154 valence electrons. The molecular weight excluding hydrogens is 389 g/mol. The van der Waals surface area contributed by atoms with Gasteiger partial charge in [0.1, 0.15) is 17.6 Å². The van der Waals surface area contributed by atoms with Crippen molar-refractivity contribution in [3.63, 3.8) is 0 Å². The summed E-state index contributed by atoms with van der Waals surface area (Å²) < 4.78 is 42.7. The normalized spacial score (nSPS) is 19.9. The molecule has 0 bridgehead atoms. The highest BCUT2D eigenvalue weighted by Gasteiger charge is 2.27. The first-order valence-electron chi connectivity index (χ1n) is 8.94. The zero-order chi connectivity index (χ0) is 20.7. The number of hydrogen-bond donors (Lipinski definition) is 2. The van der Waals surface area contributed by atoms with E-state index in [0.29, 0.717) is 12.4 Å². The predicted octanol–water partition coefficient (Wildman–Crippen LogP) is 1.53. The molecule has 0 aliphatic carbocycles. The van der Waals surface area contributed by atoms with Gasteiger partial charge in [-0.15, -0.1) is 0 Å². The fraction of sp³-hybridized carbons (Fsp3) is 0.412. The number of alkyl halides is 3. The zero-order valence-electron chi connectivity index (χ0n) is 15.5. The molecule has 9 nitrogen and oxygen atoms in total. The van der Waals surface area contributed by atoms with Gasteiger partial charge in [-0.25, -0.2) is 22.7 Å². The SMILES string of the molecule is Cn1cc(NC(=O)c2cnn3ccc(N4CC(N)CC(F)C4)nc23)c(C(F)F)n1.